The van der Waals surface area contributed by atoms with Crippen molar-refractivity contribution in [2.45, 2.75) is 31.4 Å². The highest BCUT2D eigenvalue weighted by Gasteiger charge is 2.35. The van der Waals surface area contributed by atoms with Gasteiger partial charge in [-0.2, -0.15) is 5.48 Å². The Bertz CT molecular complexity index is 281. The minimum absolute atomic E-state index is 0.554. The summed E-state index contributed by atoms with van der Waals surface area (Å²) in [6.07, 6.45) is 3.91. The maximum Gasteiger partial charge on any atom is 0.181 e. The smallest absolute Gasteiger partial charge is 0.181 e. The first-order valence-electron chi connectivity index (χ1n) is 5.00. The summed E-state index contributed by atoms with van der Waals surface area (Å²) in [5.74, 6) is 0.802. The van der Waals surface area contributed by atoms with Crippen LogP contribution in [0.4, 0.5) is 0 Å². The highest BCUT2D eigenvalue weighted by molar-refractivity contribution is 5.22. The number of rotatable bonds is 3. The van der Waals surface area contributed by atoms with E-state index >= 15 is 0 Å². The fraction of sp³-hybridized carbons (Fsp3) is 0.455. The molecule has 0 aliphatic heterocycles. The van der Waals surface area contributed by atoms with Crippen LogP contribution in [0.15, 0.2) is 30.3 Å². The predicted octanol–water partition coefficient (Wildman–Crippen LogP) is 2.31. The average molecular weight is 193 g/mol. The van der Waals surface area contributed by atoms with Crippen LogP contribution >= 0.6 is 0 Å². The van der Waals surface area contributed by atoms with E-state index < -0.39 is 5.72 Å². The summed E-state index contributed by atoms with van der Waals surface area (Å²) in [6.45, 7) is 0. The van der Waals surface area contributed by atoms with Crippen molar-refractivity contribution in [3.63, 3.8) is 0 Å². The van der Waals surface area contributed by atoms with Crippen molar-refractivity contribution in [3.8, 4) is 5.75 Å². The molecular weight excluding hydrogens is 178 g/mol. The zero-order valence-electron chi connectivity index (χ0n) is 8.07. The van der Waals surface area contributed by atoms with Crippen LogP contribution in [0, 0.1) is 0 Å². The predicted molar refractivity (Wildman–Crippen MR) is 53.2 cm³/mol. The SMILES string of the molecule is ONC1(Oc2ccccc2)CCCC1. The van der Waals surface area contributed by atoms with Crippen molar-refractivity contribution in [3.05, 3.63) is 30.3 Å². The van der Waals surface area contributed by atoms with Gasteiger partial charge >= 0.3 is 0 Å². The van der Waals surface area contributed by atoms with Crippen molar-refractivity contribution in [2.24, 2.45) is 0 Å². The van der Waals surface area contributed by atoms with E-state index in [0.29, 0.717) is 0 Å². The first kappa shape index (κ1) is 9.49. The third-order valence-electron chi connectivity index (χ3n) is 2.67. The average Bonchev–Trinajstić information content (AvgIpc) is 2.69. The molecule has 0 heterocycles. The maximum absolute atomic E-state index is 9.10. The van der Waals surface area contributed by atoms with Crippen LogP contribution < -0.4 is 10.2 Å². The first-order chi connectivity index (χ1) is 6.85. The number of hydrogen-bond donors (Lipinski definition) is 2. The second kappa shape index (κ2) is 3.98. The second-order valence-corrected chi connectivity index (χ2v) is 3.73. The third kappa shape index (κ3) is 1.89. The van der Waals surface area contributed by atoms with Gasteiger partial charge in [0.2, 0.25) is 0 Å². The minimum atomic E-state index is -0.554. The molecule has 2 N–H and O–H groups in total. The molecule has 76 valence electrons. The summed E-state index contributed by atoms with van der Waals surface area (Å²) in [6, 6.07) is 9.60. The molecule has 1 fully saturated rings. The number of ether oxygens (including phenoxy) is 1. The fourth-order valence-electron chi connectivity index (χ4n) is 1.90. The van der Waals surface area contributed by atoms with E-state index in [1.807, 2.05) is 30.3 Å². The minimum Gasteiger partial charge on any atom is -0.471 e. The van der Waals surface area contributed by atoms with Crippen LogP contribution in [-0.4, -0.2) is 10.9 Å². The Hall–Kier alpha value is -1.06. The van der Waals surface area contributed by atoms with Crippen molar-refractivity contribution < 1.29 is 9.94 Å². The Morgan fingerprint density at radius 2 is 1.79 bits per heavy atom. The summed E-state index contributed by atoms with van der Waals surface area (Å²) in [5.41, 5.74) is 1.75. The molecule has 3 nitrogen and oxygen atoms in total. The molecule has 2 rings (SSSR count). The Morgan fingerprint density at radius 1 is 1.14 bits per heavy atom. The van der Waals surface area contributed by atoms with Crippen LogP contribution in [-0.2, 0) is 0 Å². The number of nitrogens with one attached hydrogen (secondary N) is 1. The molecule has 0 unspecified atom stereocenters. The van der Waals surface area contributed by atoms with Crippen molar-refractivity contribution >= 4 is 0 Å². The molecule has 1 saturated carbocycles. The van der Waals surface area contributed by atoms with Crippen LogP contribution in [0.2, 0.25) is 0 Å². The van der Waals surface area contributed by atoms with Gasteiger partial charge in [-0.15, -0.1) is 0 Å². The molecule has 0 saturated heterocycles. The number of benzene rings is 1. The lowest BCUT2D eigenvalue weighted by Gasteiger charge is -2.28. The molecule has 0 spiro atoms. The molecule has 0 atom stereocenters. The zero-order valence-corrected chi connectivity index (χ0v) is 8.07. The third-order valence-corrected chi connectivity index (χ3v) is 2.67. The molecule has 1 aliphatic rings. The van der Waals surface area contributed by atoms with Gasteiger partial charge in [-0.3, -0.25) is 0 Å². The summed E-state index contributed by atoms with van der Waals surface area (Å²) < 4.78 is 5.75. The van der Waals surface area contributed by atoms with Gasteiger partial charge in [0.25, 0.3) is 0 Å². The molecule has 14 heavy (non-hydrogen) atoms. The van der Waals surface area contributed by atoms with Crippen LogP contribution in [0.5, 0.6) is 5.75 Å². The Kier molecular flexibility index (Phi) is 2.70. The summed E-state index contributed by atoms with van der Waals surface area (Å²) >= 11 is 0. The lowest BCUT2D eigenvalue weighted by atomic mass is 10.2. The summed E-state index contributed by atoms with van der Waals surface area (Å²) in [4.78, 5) is 0. The molecular formula is C11H15NO2. The molecule has 1 aromatic carbocycles. The van der Waals surface area contributed by atoms with Crippen LogP contribution in [0.25, 0.3) is 0 Å². The van der Waals surface area contributed by atoms with E-state index in [0.717, 1.165) is 31.4 Å². The van der Waals surface area contributed by atoms with Gasteiger partial charge in [0.15, 0.2) is 5.72 Å². The van der Waals surface area contributed by atoms with Gasteiger partial charge in [0, 0.05) is 12.8 Å². The molecule has 0 aromatic heterocycles. The topological polar surface area (TPSA) is 41.5 Å². The normalized spacial score (nSPS) is 19.5. The lowest BCUT2D eigenvalue weighted by molar-refractivity contribution is -0.0679. The molecule has 1 aliphatic carbocycles. The number of hydroxylamine groups is 1. The highest BCUT2D eigenvalue weighted by atomic mass is 16.6. The Labute approximate surface area is 83.7 Å². The molecule has 0 radical (unpaired) electrons. The van der Waals surface area contributed by atoms with E-state index in [1.165, 1.54) is 0 Å². The zero-order chi connectivity index (χ0) is 9.86. The molecule has 3 heteroatoms. The largest absolute Gasteiger partial charge is 0.471 e. The van der Waals surface area contributed by atoms with Gasteiger partial charge in [-0.25, -0.2) is 0 Å². The van der Waals surface area contributed by atoms with Crippen molar-refractivity contribution in [1.82, 2.24) is 5.48 Å². The Morgan fingerprint density at radius 3 is 2.36 bits per heavy atom. The molecule has 0 bridgehead atoms. The van der Waals surface area contributed by atoms with Gasteiger partial charge in [-0.1, -0.05) is 18.2 Å². The maximum atomic E-state index is 9.10. The molecule has 1 aromatic rings. The first-order valence-corrected chi connectivity index (χ1v) is 5.00. The fourth-order valence-corrected chi connectivity index (χ4v) is 1.90. The van der Waals surface area contributed by atoms with E-state index in [-0.39, 0.29) is 0 Å². The van der Waals surface area contributed by atoms with E-state index in [2.05, 4.69) is 5.48 Å². The van der Waals surface area contributed by atoms with Crippen LogP contribution in [0.3, 0.4) is 0 Å². The molecule has 0 amide bonds. The van der Waals surface area contributed by atoms with Gasteiger partial charge in [0.05, 0.1) is 0 Å². The lowest BCUT2D eigenvalue weighted by Crippen LogP contribution is -2.46. The van der Waals surface area contributed by atoms with Gasteiger partial charge in [-0.05, 0) is 25.0 Å². The number of para-hydroxylation sites is 1. The van der Waals surface area contributed by atoms with Gasteiger partial charge < -0.3 is 9.94 Å². The standard InChI is InChI=1S/C11H15NO2/c13-12-11(8-4-5-9-11)14-10-6-2-1-3-7-10/h1-3,6-7,12-13H,4-5,8-9H2. The monoisotopic (exact) mass is 193 g/mol. The van der Waals surface area contributed by atoms with E-state index in [1.54, 1.807) is 0 Å². The highest BCUT2D eigenvalue weighted by Crippen LogP contribution is 2.31. The van der Waals surface area contributed by atoms with Gasteiger partial charge in [0.1, 0.15) is 5.75 Å². The summed E-state index contributed by atoms with van der Waals surface area (Å²) in [7, 11) is 0. The van der Waals surface area contributed by atoms with E-state index in [9.17, 15) is 0 Å². The number of hydrogen-bond acceptors (Lipinski definition) is 3. The quantitative estimate of drug-likeness (QED) is 0.571. The van der Waals surface area contributed by atoms with Crippen molar-refractivity contribution in [2.75, 3.05) is 0 Å². The van der Waals surface area contributed by atoms with Crippen molar-refractivity contribution in [1.29, 1.82) is 0 Å². The second-order valence-electron chi connectivity index (χ2n) is 3.73. The van der Waals surface area contributed by atoms with Crippen LogP contribution in [0.1, 0.15) is 25.7 Å². The summed E-state index contributed by atoms with van der Waals surface area (Å²) in [5, 5.41) is 9.10. The Balaban J connectivity index is 2.08. The van der Waals surface area contributed by atoms with E-state index in [4.69, 9.17) is 9.94 Å².